The summed E-state index contributed by atoms with van der Waals surface area (Å²) in [5.74, 6) is 0.859. The molecule has 0 atom stereocenters. The lowest BCUT2D eigenvalue weighted by atomic mass is 10.2. The maximum absolute atomic E-state index is 5.40. The number of benzene rings is 2. The number of anilines is 1. The first-order valence-electron chi connectivity index (χ1n) is 6.39. The smallest absolute Gasteiger partial charge is 0.173 e. The van der Waals surface area contributed by atoms with Crippen molar-refractivity contribution in [3.63, 3.8) is 0 Å². The SMILES string of the molecule is COc1cccc(CN(C)C(=S)Nc2ccccc2)c1. The van der Waals surface area contributed by atoms with Crippen LogP contribution in [0.2, 0.25) is 0 Å². The van der Waals surface area contributed by atoms with E-state index in [0.29, 0.717) is 5.11 Å². The molecule has 0 bridgehead atoms. The van der Waals surface area contributed by atoms with Crippen molar-refractivity contribution >= 4 is 23.0 Å². The Balaban J connectivity index is 1.97. The van der Waals surface area contributed by atoms with E-state index in [1.54, 1.807) is 7.11 Å². The number of para-hydroxylation sites is 1. The van der Waals surface area contributed by atoms with Gasteiger partial charge in [0.2, 0.25) is 0 Å². The molecule has 20 heavy (non-hydrogen) atoms. The third kappa shape index (κ3) is 3.96. The predicted octanol–water partition coefficient (Wildman–Crippen LogP) is 3.52. The van der Waals surface area contributed by atoms with Crippen LogP contribution in [0.5, 0.6) is 5.75 Å². The molecule has 2 aromatic carbocycles. The number of hydrogen-bond donors (Lipinski definition) is 1. The van der Waals surface area contributed by atoms with Gasteiger partial charge in [0.15, 0.2) is 5.11 Å². The van der Waals surface area contributed by atoms with E-state index in [1.165, 1.54) is 0 Å². The van der Waals surface area contributed by atoms with Crippen molar-refractivity contribution in [2.24, 2.45) is 0 Å². The second kappa shape index (κ2) is 6.91. The highest BCUT2D eigenvalue weighted by Gasteiger charge is 2.06. The van der Waals surface area contributed by atoms with Crippen LogP contribution in [0, 0.1) is 0 Å². The van der Waals surface area contributed by atoms with Gasteiger partial charge in [-0.25, -0.2) is 0 Å². The summed E-state index contributed by atoms with van der Waals surface area (Å²) in [6.07, 6.45) is 0. The van der Waals surface area contributed by atoms with Crippen molar-refractivity contribution in [2.45, 2.75) is 6.54 Å². The zero-order valence-corrected chi connectivity index (χ0v) is 12.5. The number of hydrogen-bond acceptors (Lipinski definition) is 2. The lowest BCUT2D eigenvalue weighted by Crippen LogP contribution is -2.30. The Morgan fingerprint density at radius 2 is 1.90 bits per heavy atom. The summed E-state index contributed by atoms with van der Waals surface area (Å²) in [5.41, 5.74) is 2.15. The van der Waals surface area contributed by atoms with Crippen LogP contribution in [0.1, 0.15) is 5.56 Å². The Hall–Kier alpha value is -2.07. The van der Waals surface area contributed by atoms with Crippen molar-refractivity contribution in [1.29, 1.82) is 0 Å². The number of ether oxygens (including phenoxy) is 1. The zero-order valence-electron chi connectivity index (χ0n) is 11.7. The fraction of sp³-hybridized carbons (Fsp3) is 0.188. The fourth-order valence-electron chi connectivity index (χ4n) is 1.86. The molecular formula is C16H18N2OS. The van der Waals surface area contributed by atoms with Gasteiger partial charge in [-0.2, -0.15) is 0 Å². The summed E-state index contributed by atoms with van der Waals surface area (Å²) in [7, 11) is 3.64. The molecule has 104 valence electrons. The summed E-state index contributed by atoms with van der Waals surface area (Å²) in [5, 5.41) is 3.91. The highest BCUT2D eigenvalue weighted by molar-refractivity contribution is 7.80. The maximum atomic E-state index is 5.40. The van der Waals surface area contributed by atoms with E-state index < -0.39 is 0 Å². The molecule has 0 aliphatic heterocycles. The summed E-state index contributed by atoms with van der Waals surface area (Å²) < 4.78 is 5.23. The molecule has 0 saturated heterocycles. The first-order chi connectivity index (χ1) is 9.69. The topological polar surface area (TPSA) is 24.5 Å². The Morgan fingerprint density at radius 1 is 1.15 bits per heavy atom. The van der Waals surface area contributed by atoms with E-state index in [0.717, 1.165) is 23.5 Å². The van der Waals surface area contributed by atoms with Crippen LogP contribution in [-0.2, 0) is 6.54 Å². The van der Waals surface area contributed by atoms with Crippen LogP contribution >= 0.6 is 12.2 Å². The Bertz CT molecular complexity index is 572. The molecule has 4 heteroatoms. The molecule has 0 saturated carbocycles. The van der Waals surface area contributed by atoms with Crippen LogP contribution < -0.4 is 10.1 Å². The predicted molar refractivity (Wildman–Crippen MR) is 87.1 cm³/mol. The van der Waals surface area contributed by atoms with Gasteiger partial charge in [-0.1, -0.05) is 30.3 Å². The lowest BCUT2D eigenvalue weighted by molar-refractivity contribution is 0.413. The molecule has 0 heterocycles. The third-order valence-electron chi connectivity index (χ3n) is 2.93. The third-order valence-corrected chi connectivity index (χ3v) is 3.34. The fourth-order valence-corrected chi connectivity index (χ4v) is 2.04. The number of nitrogens with one attached hydrogen (secondary N) is 1. The molecule has 0 radical (unpaired) electrons. The molecule has 0 amide bonds. The van der Waals surface area contributed by atoms with Crippen molar-refractivity contribution in [2.75, 3.05) is 19.5 Å². The van der Waals surface area contributed by atoms with Gasteiger partial charge in [-0.05, 0) is 42.0 Å². The van der Waals surface area contributed by atoms with Gasteiger partial charge in [-0.15, -0.1) is 0 Å². The zero-order chi connectivity index (χ0) is 14.4. The van der Waals surface area contributed by atoms with Gasteiger partial charge in [0.05, 0.1) is 7.11 Å². The molecule has 0 spiro atoms. The highest BCUT2D eigenvalue weighted by atomic mass is 32.1. The highest BCUT2D eigenvalue weighted by Crippen LogP contribution is 2.14. The monoisotopic (exact) mass is 286 g/mol. The van der Waals surface area contributed by atoms with Crippen molar-refractivity contribution < 1.29 is 4.74 Å². The molecule has 0 unspecified atom stereocenters. The van der Waals surface area contributed by atoms with E-state index in [2.05, 4.69) is 11.4 Å². The van der Waals surface area contributed by atoms with Gasteiger partial charge < -0.3 is 15.0 Å². The van der Waals surface area contributed by atoms with Crippen LogP contribution in [0.4, 0.5) is 5.69 Å². The van der Waals surface area contributed by atoms with Crippen molar-refractivity contribution in [3.05, 3.63) is 60.2 Å². The van der Waals surface area contributed by atoms with Crippen molar-refractivity contribution in [3.8, 4) is 5.75 Å². The largest absolute Gasteiger partial charge is 0.497 e. The van der Waals surface area contributed by atoms with Gasteiger partial charge >= 0.3 is 0 Å². The van der Waals surface area contributed by atoms with Gasteiger partial charge in [-0.3, -0.25) is 0 Å². The molecular weight excluding hydrogens is 268 g/mol. The first kappa shape index (κ1) is 14.3. The summed E-state index contributed by atoms with van der Waals surface area (Å²) in [6.45, 7) is 0.732. The van der Waals surface area contributed by atoms with Crippen LogP contribution in [-0.4, -0.2) is 24.2 Å². The van der Waals surface area contributed by atoms with E-state index in [1.807, 2.05) is 60.5 Å². The maximum Gasteiger partial charge on any atom is 0.173 e. The molecule has 0 fully saturated rings. The van der Waals surface area contributed by atoms with E-state index in [4.69, 9.17) is 17.0 Å². The molecule has 0 aliphatic carbocycles. The Labute approximate surface area is 125 Å². The van der Waals surface area contributed by atoms with Crippen LogP contribution in [0.15, 0.2) is 54.6 Å². The van der Waals surface area contributed by atoms with E-state index >= 15 is 0 Å². The van der Waals surface area contributed by atoms with Crippen molar-refractivity contribution in [1.82, 2.24) is 4.90 Å². The van der Waals surface area contributed by atoms with Gasteiger partial charge in [0.25, 0.3) is 0 Å². The summed E-state index contributed by atoms with van der Waals surface area (Å²) in [6, 6.07) is 17.9. The van der Waals surface area contributed by atoms with E-state index in [-0.39, 0.29) is 0 Å². The molecule has 1 N–H and O–H groups in total. The number of methoxy groups -OCH3 is 1. The normalized spacial score (nSPS) is 9.90. The number of nitrogens with zero attached hydrogens (tertiary/aromatic N) is 1. The van der Waals surface area contributed by atoms with Gasteiger partial charge in [0, 0.05) is 19.3 Å². The minimum absolute atomic E-state index is 0.694. The second-order valence-corrected chi connectivity index (χ2v) is 4.89. The summed E-state index contributed by atoms with van der Waals surface area (Å²) >= 11 is 5.40. The second-order valence-electron chi connectivity index (χ2n) is 4.50. The molecule has 3 nitrogen and oxygen atoms in total. The van der Waals surface area contributed by atoms with E-state index in [9.17, 15) is 0 Å². The molecule has 2 aromatic rings. The van der Waals surface area contributed by atoms with Crippen LogP contribution in [0.25, 0.3) is 0 Å². The first-order valence-corrected chi connectivity index (χ1v) is 6.80. The summed E-state index contributed by atoms with van der Waals surface area (Å²) in [4.78, 5) is 2.00. The Kier molecular flexibility index (Phi) is 4.96. The molecule has 2 rings (SSSR count). The molecule has 0 aliphatic rings. The van der Waals surface area contributed by atoms with Gasteiger partial charge in [0.1, 0.15) is 5.75 Å². The minimum atomic E-state index is 0.694. The minimum Gasteiger partial charge on any atom is -0.497 e. The molecule has 0 aromatic heterocycles. The number of rotatable bonds is 4. The Morgan fingerprint density at radius 3 is 2.60 bits per heavy atom. The van der Waals surface area contributed by atoms with Crippen LogP contribution in [0.3, 0.4) is 0 Å². The number of thiocarbonyl (C=S) groups is 1. The lowest BCUT2D eigenvalue weighted by Gasteiger charge is -2.21. The standard InChI is InChI=1S/C16H18N2OS/c1-18(12-13-7-6-10-15(11-13)19-2)16(20)17-14-8-4-3-5-9-14/h3-11H,12H2,1-2H3,(H,17,20). The average Bonchev–Trinajstić information content (AvgIpc) is 2.48. The quantitative estimate of drug-likeness (QED) is 0.869. The average molecular weight is 286 g/mol.